The number of nitro groups is 1. The summed E-state index contributed by atoms with van der Waals surface area (Å²) in [6.07, 6.45) is -0.543. The van der Waals surface area contributed by atoms with Crippen molar-refractivity contribution >= 4 is 33.7 Å². The Morgan fingerprint density at radius 1 is 1.25 bits per heavy atom. The molecule has 0 saturated heterocycles. The molecule has 24 heavy (non-hydrogen) atoms. The maximum atomic E-state index is 12.0. The van der Waals surface area contributed by atoms with E-state index in [0.29, 0.717) is 5.56 Å². The molecular formula is C15H16BrNO7. The molecule has 0 amide bonds. The molecule has 9 heteroatoms. The zero-order chi connectivity index (χ0) is 18.3. The highest BCUT2D eigenvalue weighted by molar-refractivity contribution is 9.10. The zero-order valence-corrected chi connectivity index (χ0v) is 14.6. The largest absolute Gasteiger partial charge is 0.463 e. The third-order valence-electron chi connectivity index (χ3n) is 3.25. The van der Waals surface area contributed by atoms with Crippen LogP contribution in [0.15, 0.2) is 28.7 Å². The molecule has 2 atom stereocenters. The van der Waals surface area contributed by atoms with E-state index in [1.165, 1.54) is 19.1 Å². The maximum absolute atomic E-state index is 12.0. The van der Waals surface area contributed by atoms with E-state index < -0.39 is 41.0 Å². The Morgan fingerprint density at radius 2 is 1.83 bits per heavy atom. The molecular weight excluding hydrogens is 386 g/mol. The molecule has 0 radical (unpaired) electrons. The lowest BCUT2D eigenvalue weighted by Crippen LogP contribution is -2.39. The van der Waals surface area contributed by atoms with Gasteiger partial charge in [0.05, 0.1) is 19.6 Å². The summed E-state index contributed by atoms with van der Waals surface area (Å²) in [5, 5.41) is 11.4. The van der Waals surface area contributed by atoms with Crippen LogP contribution in [0.1, 0.15) is 24.8 Å². The number of carbonyl (C=O) groups excluding carboxylic acids is 3. The smallest absolute Gasteiger partial charge is 0.382 e. The highest BCUT2D eigenvalue weighted by Crippen LogP contribution is 2.28. The number of ketones is 1. The molecule has 0 saturated carbocycles. The monoisotopic (exact) mass is 401 g/mol. The number of hydrogen-bond acceptors (Lipinski definition) is 7. The van der Waals surface area contributed by atoms with Crippen LogP contribution in [0.25, 0.3) is 0 Å². The molecule has 0 aliphatic rings. The van der Waals surface area contributed by atoms with Crippen molar-refractivity contribution in [2.75, 3.05) is 13.7 Å². The summed E-state index contributed by atoms with van der Waals surface area (Å²) >= 11 is 3.23. The van der Waals surface area contributed by atoms with E-state index >= 15 is 0 Å². The van der Waals surface area contributed by atoms with Crippen molar-refractivity contribution in [1.82, 2.24) is 0 Å². The predicted molar refractivity (Wildman–Crippen MR) is 85.9 cm³/mol. The molecule has 1 rings (SSSR count). The van der Waals surface area contributed by atoms with E-state index in [4.69, 9.17) is 4.74 Å². The minimum Gasteiger partial charge on any atom is -0.463 e. The third-order valence-corrected chi connectivity index (χ3v) is 3.78. The van der Waals surface area contributed by atoms with Gasteiger partial charge < -0.3 is 9.47 Å². The van der Waals surface area contributed by atoms with Crippen LogP contribution in [0.3, 0.4) is 0 Å². The van der Waals surface area contributed by atoms with Crippen LogP contribution in [0.2, 0.25) is 0 Å². The standard InChI is InChI=1S/C15H16BrNO7/c1-3-24-15(20)13(17(21)22)11(8-12(18)14(19)23-2)9-4-6-10(16)7-5-9/h4-7,11,13H,3,8H2,1-2H3/t11-,13?/m1/s1. The first-order valence-electron chi connectivity index (χ1n) is 6.98. The van der Waals surface area contributed by atoms with Gasteiger partial charge in [0, 0.05) is 15.8 Å². The lowest BCUT2D eigenvalue weighted by atomic mass is 9.87. The van der Waals surface area contributed by atoms with Crippen LogP contribution in [0.5, 0.6) is 0 Å². The van der Waals surface area contributed by atoms with Crippen molar-refractivity contribution in [1.29, 1.82) is 0 Å². The molecule has 0 fully saturated rings. The van der Waals surface area contributed by atoms with Crippen LogP contribution < -0.4 is 0 Å². The molecule has 0 heterocycles. The first-order chi connectivity index (χ1) is 11.3. The van der Waals surface area contributed by atoms with Crippen LogP contribution in [0.4, 0.5) is 0 Å². The van der Waals surface area contributed by atoms with Gasteiger partial charge in [0.1, 0.15) is 0 Å². The Morgan fingerprint density at radius 3 is 2.29 bits per heavy atom. The number of benzene rings is 1. The zero-order valence-electron chi connectivity index (χ0n) is 13.1. The molecule has 0 aliphatic heterocycles. The number of methoxy groups -OCH3 is 1. The summed E-state index contributed by atoms with van der Waals surface area (Å²) in [6, 6.07) is 4.50. The second kappa shape index (κ2) is 9.11. The first kappa shape index (κ1) is 19.8. The lowest BCUT2D eigenvalue weighted by Gasteiger charge is -2.19. The summed E-state index contributed by atoms with van der Waals surface area (Å²) in [4.78, 5) is 45.8. The lowest BCUT2D eigenvalue weighted by molar-refractivity contribution is -0.514. The summed E-state index contributed by atoms with van der Waals surface area (Å²) in [7, 11) is 1.03. The topological polar surface area (TPSA) is 113 Å². The van der Waals surface area contributed by atoms with Gasteiger partial charge in [0.25, 0.3) is 0 Å². The fraction of sp³-hybridized carbons (Fsp3) is 0.400. The summed E-state index contributed by atoms with van der Waals surface area (Å²) in [5.41, 5.74) is 0.366. The molecule has 1 aromatic rings. The van der Waals surface area contributed by atoms with E-state index in [1.807, 2.05) is 0 Å². The fourth-order valence-corrected chi connectivity index (χ4v) is 2.41. The Bertz CT molecular complexity index is 629. The SMILES string of the molecule is CCOC(=O)C([C@H](CC(=O)C(=O)OC)c1ccc(Br)cc1)[N+](=O)[O-]. The normalized spacial score (nSPS) is 12.8. The number of esters is 2. The van der Waals surface area contributed by atoms with Crippen molar-refractivity contribution in [2.45, 2.75) is 25.3 Å². The average Bonchev–Trinajstić information content (AvgIpc) is 2.54. The Hall–Kier alpha value is -2.29. The van der Waals surface area contributed by atoms with Gasteiger partial charge in [-0.2, -0.15) is 0 Å². The second-order valence-corrected chi connectivity index (χ2v) is 5.67. The number of hydrogen-bond donors (Lipinski definition) is 0. The first-order valence-corrected chi connectivity index (χ1v) is 7.77. The highest BCUT2D eigenvalue weighted by atomic mass is 79.9. The van der Waals surface area contributed by atoms with E-state index in [0.717, 1.165) is 11.6 Å². The van der Waals surface area contributed by atoms with Gasteiger partial charge in [-0.15, -0.1) is 0 Å². The summed E-state index contributed by atoms with van der Waals surface area (Å²) < 4.78 is 9.80. The Labute approximate surface area is 146 Å². The van der Waals surface area contributed by atoms with E-state index in [1.54, 1.807) is 12.1 Å². The molecule has 1 unspecified atom stereocenters. The molecule has 0 aromatic heterocycles. The maximum Gasteiger partial charge on any atom is 0.382 e. The number of Topliss-reactive ketones (excluding diaryl/α,β-unsaturated/α-hetero) is 1. The van der Waals surface area contributed by atoms with Gasteiger partial charge >= 0.3 is 18.0 Å². The van der Waals surface area contributed by atoms with Crippen molar-refractivity contribution in [2.24, 2.45) is 0 Å². The number of halogens is 1. The quantitative estimate of drug-likeness (QED) is 0.282. The molecule has 0 bridgehead atoms. The van der Waals surface area contributed by atoms with Crippen molar-refractivity contribution in [3.05, 3.63) is 44.4 Å². The third kappa shape index (κ3) is 5.12. The minimum absolute atomic E-state index is 0.0405. The van der Waals surface area contributed by atoms with Crippen LogP contribution in [0, 0.1) is 10.1 Å². The van der Waals surface area contributed by atoms with Crippen LogP contribution in [-0.4, -0.2) is 42.4 Å². The van der Waals surface area contributed by atoms with Gasteiger partial charge in [-0.1, -0.05) is 28.1 Å². The van der Waals surface area contributed by atoms with Crippen molar-refractivity contribution < 1.29 is 28.8 Å². The number of nitrogens with zero attached hydrogens (tertiary/aromatic N) is 1. The van der Waals surface area contributed by atoms with Gasteiger partial charge in [-0.25, -0.2) is 9.59 Å². The van der Waals surface area contributed by atoms with Gasteiger partial charge in [0.2, 0.25) is 5.78 Å². The fourth-order valence-electron chi connectivity index (χ4n) is 2.14. The highest BCUT2D eigenvalue weighted by Gasteiger charge is 2.43. The minimum atomic E-state index is -1.81. The molecule has 0 spiro atoms. The van der Waals surface area contributed by atoms with Crippen LogP contribution >= 0.6 is 15.9 Å². The predicted octanol–water partition coefficient (Wildman–Crippen LogP) is 1.87. The van der Waals surface area contributed by atoms with Gasteiger partial charge in [0.15, 0.2) is 0 Å². The Balaban J connectivity index is 3.26. The number of ether oxygens (including phenoxy) is 2. The van der Waals surface area contributed by atoms with E-state index in [2.05, 4.69) is 20.7 Å². The van der Waals surface area contributed by atoms with Crippen molar-refractivity contribution in [3.63, 3.8) is 0 Å². The van der Waals surface area contributed by atoms with E-state index in [9.17, 15) is 24.5 Å². The van der Waals surface area contributed by atoms with E-state index in [-0.39, 0.29) is 6.61 Å². The molecule has 130 valence electrons. The average molecular weight is 402 g/mol. The number of rotatable bonds is 8. The number of carbonyl (C=O) groups is 3. The molecule has 1 aromatic carbocycles. The Kier molecular flexibility index (Phi) is 7.50. The van der Waals surface area contributed by atoms with Gasteiger partial charge in [-0.3, -0.25) is 14.9 Å². The van der Waals surface area contributed by atoms with Gasteiger partial charge in [-0.05, 0) is 24.6 Å². The second-order valence-electron chi connectivity index (χ2n) is 4.76. The molecule has 0 aliphatic carbocycles. The summed E-state index contributed by atoms with van der Waals surface area (Å²) in [6.45, 7) is 1.48. The molecule has 0 N–H and O–H groups in total. The van der Waals surface area contributed by atoms with Crippen molar-refractivity contribution in [3.8, 4) is 0 Å². The summed E-state index contributed by atoms with van der Waals surface area (Å²) in [5.74, 6) is -4.29. The molecule has 8 nitrogen and oxygen atoms in total. The van der Waals surface area contributed by atoms with Crippen LogP contribution in [-0.2, 0) is 23.9 Å².